The van der Waals surface area contributed by atoms with E-state index in [9.17, 15) is 0 Å². The van der Waals surface area contributed by atoms with Crippen LogP contribution in [0.1, 0.15) is 16.7 Å². The maximum Gasteiger partial charge on any atom is 0.132 e. The molecule has 2 heteroatoms. The van der Waals surface area contributed by atoms with Gasteiger partial charge in [-0.05, 0) is 29.3 Å². The van der Waals surface area contributed by atoms with Crippen LogP contribution in [0.2, 0.25) is 0 Å². The molecule has 1 aliphatic rings. The molecule has 28 heavy (non-hydrogen) atoms. The van der Waals surface area contributed by atoms with Gasteiger partial charge in [0.25, 0.3) is 0 Å². The molecule has 1 heterocycles. The molecule has 0 saturated heterocycles. The first-order chi connectivity index (χ1) is 13.9. The minimum Gasteiger partial charge on any atom is -0.366 e. The van der Waals surface area contributed by atoms with Crippen molar-refractivity contribution in [3.05, 3.63) is 132 Å². The molecule has 4 aromatic carbocycles. The fourth-order valence-corrected chi connectivity index (χ4v) is 4.00. The predicted octanol–water partition coefficient (Wildman–Crippen LogP) is 6.18. The molecule has 0 fully saturated rings. The summed E-state index contributed by atoms with van der Waals surface area (Å²) in [6.45, 7) is 0. The molecule has 0 spiro atoms. The summed E-state index contributed by atoms with van der Waals surface area (Å²) >= 11 is 0. The number of hydrogen-bond donors (Lipinski definition) is 1. The number of nitrogens with zero attached hydrogens (tertiary/aromatic N) is 1. The van der Waals surface area contributed by atoms with Crippen molar-refractivity contribution in [3.8, 4) is 0 Å². The first kappa shape index (κ1) is 16.5. The third kappa shape index (κ3) is 2.62. The van der Waals surface area contributed by atoms with Crippen LogP contribution < -0.4 is 5.32 Å². The Hall–Kier alpha value is -3.65. The molecule has 134 valence electrons. The Labute approximate surface area is 165 Å². The van der Waals surface area contributed by atoms with Crippen LogP contribution in [0, 0.1) is 0 Å². The number of fused-ring (bicyclic) bond motifs is 1. The van der Waals surface area contributed by atoms with E-state index in [1.807, 2.05) is 18.2 Å². The zero-order chi connectivity index (χ0) is 18.8. The van der Waals surface area contributed by atoms with E-state index in [0.717, 1.165) is 22.6 Å². The molecule has 5 rings (SSSR count). The van der Waals surface area contributed by atoms with Crippen LogP contribution in [-0.2, 0) is 5.54 Å². The summed E-state index contributed by atoms with van der Waals surface area (Å²) in [5.41, 5.74) is 6.02. The monoisotopic (exact) mass is 360 g/mol. The predicted molar refractivity (Wildman–Crippen MR) is 116 cm³/mol. The average molecular weight is 360 g/mol. The lowest BCUT2D eigenvalue weighted by Crippen LogP contribution is -2.40. The van der Waals surface area contributed by atoms with Crippen molar-refractivity contribution >= 4 is 17.1 Å². The fourth-order valence-electron chi connectivity index (χ4n) is 4.00. The summed E-state index contributed by atoms with van der Waals surface area (Å²) in [6, 6.07) is 39.8. The SMILES string of the molecule is c1ccc(N=C2c3ccccc3NC2(c2ccccc2)c2ccccc2)cc1. The second-order valence-electron chi connectivity index (χ2n) is 6.95. The van der Waals surface area contributed by atoms with E-state index in [1.54, 1.807) is 0 Å². The number of benzene rings is 4. The first-order valence-electron chi connectivity index (χ1n) is 9.51. The van der Waals surface area contributed by atoms with E-state index in [4.69, 9.17) is 4.99 Å². The smallest absolute Gasteiger partial charge is 0.132 e. The molecule has 0 atom stereocenters. The van der Waals surface area contributed by atoms with Gasteiger partial charge in [0.2, 0.25) is 0 Å². The van der Waals surface area contributed by atoms with Crippen molar-refractivity contribution in [1.82, 2.24) is 0 Å². The third-order valence-corrected chi connectivity index (χ3v) is 5.27. The Morgan fingerprint density at radius 2 is 1.04 bits per heavy atom. The van der Waals surface area contributed by atoms with E-state index in [-0.39, 0.29) is 0 Å². The molecule has 0 aliphatic carbocycles. The molecule has 0 amide bonds. The number of nitrogens with one attached hydrogen (secondary N) is 1. The van der Waals surface area contributed by atoms with Crippen molar-refractivity contribution < 1.29 is 0 Å². The molecule has 4 aromatic rings. The molecule has 0 unspecified atom stereocenters. The van der Waals surface area contributed by atoms with Crippen LogP contribution in [0.15, 0.2) is 120 Å². The first-order valence-corrected chi connectivity index (χ1v) is 9.51. The summed E-state index contributed by atoms with van der Waals surface area (Å²) in [5.74, 6) is 0. The molecule has 0 aromatic heterocycles. The molecule has 0 bridgehead atoms. The van der Waals surface area contributed by atoms with E-state index in [0.29, 0.717) is 0 Å². The van der Waals surface area contributed by atoms with Crippen molar-refractivity contribution in [2.45, 2.75) is 5.54 Å². The minimum atomic E-state index is -0.540. The van der Waals surface area contributed by atoms with Crippen LogP contribution in [0.25, 0.3) is 0 Å². The van der Waals surface area contributed by atoms with Gasteiger partial charge < -0.3 is 5.32 Å². The maximum atomic E-state index is 5.16. The standard InChI is InChI=1S/C26H20N2/c1-4-12-20(13-5-1)26(21-14-6-2-7-15-21)25(27-22-16-8-3-9-17-22)23-18-10-11-19-24(23)28-26/h1-19,28H. The molecule has 0 radical (unpaired) electrons. The zero-order valence-electron chi connectivity index (χ0n) is 15.4. The van der Waals surface area contributed by atoms with Crippen molar-refractivity contribution in [2.24, 2.45) is 4.99 Å². The summed E-state index contributed by atoms with van der Waals surface area (Å²) in [7, 11) is 0. The van der Waals surface area contributed by atoms with Gasteiger partial charge in [0.1, 0.15) is 5.54 Å². The van der Waals surface area contributed by atoms with Gasteiger partial charge in [-0.15, -0.1) is 0 Å². The third-order valence-electron chi connectivity index (χ3n) is 5.27. The zero-order valence-corrected chi connectivity index (χ0v) is 15.4. The highest BCUT2D eigenvalue weighted by molar-refractivity contribution is 6.19. The van der Waals surface area contributed by atoms with E-state index < -0.39 is 5.54 Å². The lowest BCUT2D eigenvalue weighted by Gasteiger charge is -2.32. The van der Waals surface area contributed by atoms with Crippen LogP contribution in [0.5, 0.6) is 0 Å². The number of anilines is 1. The Bertz CT molecular complexity index is 1080. The average Bonchev–Trinajstić information content (AvgIpc) is 3.11. The van der Waals surface area contributed by atoms with E-state index >= 15 is 0 Å². The summed E-state index contributed by atoms with van der Waals surface area (Å²) < 4.78 is 0. The van der Waals surface area contributed by atoms with Gasteiger partial charge in [0, 0.05) is 11.3 Å². The Kier molecular flexibility index (Phi) is 4.02. The number of rotatable bonds is 3. The van der Waals surface area contributed by atoms with Crippen molar-refractivity contribution in [1.29, 1.82) is 0 Å². The second-order valence-corrected chi connectivity index (χ2v) is 6.95. The normalized spacial score (nSPS) is 15.8. The van der Waals surface area contributed by atoms with Gasteiger partial charge in [0.05, 0.1) is 11.4 Å². The second kappa shape index (κ2) is 6.82. The molecule has 1 N–H and O–H groups in total. The highest BCUT2D eigenvalue weighted by Crippen LogP contribution is 2.45. The van der Waals surface area contributed by atoms with Gasteiger partial charge in [-0.1, -0.05) is 97.1 Å². The highest BCUT2D eigenvalue weighted by atomic mass is 15.1. The van der Waals surface area contributed by atoms with Gasteiger partial charge >= 0.3 is 0 Å². The van der Waals surface area contributed by atoms with Crippen molar-refractivity contribution in [2.75, 3.05) is 5.32 Å². The van der Waals surface area contributed by atoms with E-state index in [2.05, 4.69) is 102 Å². The topological polar surface area (TPSA) is 24.4 Å². The molecule has 2 nitrogen and oxygen atoms in total. The lowest BCUT2D eigenvalue weighted by atomic mass is 9.79. The van der Waals surface area contributed by atoms with Crippen LogP contribution in [-0.4, -0.2) is 5.71 Å². The fraction of sp³-hybridized carbons (Fsp3) is 0.0385. The minimum absolute atomic E-state index is 0.540. The summed E-state index contributed by atoms with van der Waals surface area (Å²) in [6.07, 6.45) is 0. The number of aliphatic imine (C=N–C) groups is 1. The Morgan fingerprint density at radius 3 is 1.64 bits per heavy atom. The largest absolute Gasteiger partial charge is 0.366 e. The van der Waals surface area contributed by atoms with Gasteiger partial charge in [-0.3, -0.25) is 0 Å². The molecular formula is C26H20N2. The molecular weight excluding hydrogens is 340 g/mol. The van der Waals surface area contributed by atoms with Crippen LogP contribution >= 0.6 is 0 Å². The molecule has 0 saturated carbocycles. The van der Waals surface area contributed by atoms with Gasteiger partial charge in [0.15, 0.2) is 0 Å². The van der Waals surface area contributed by atoms with Gasteiger partial charge in [-0.25, -0.2) is 4.99 Å². The Balaban J connectivity index is 1.84. The lowest BCUT2D eigenvalue weighted by molar-refractivity contribution is 0.812. The number of hydrogen-bond acceptors (Lipinski definition) is 2. The number of para-hydroxylation sites is 2. The van der Waals surface area contributed by atoms with E-state index in [1.165, 1.54) is 11.1 Å². The van der Waals surface area contributed by atoms with Crippen LogP contribution in [0.3, 0.4) is 0 Å². The summed E-state index contributed by atoms with van der Waals surface area (Å²) in [5, 5.41) is 3.82. The Morgan fingerprint density at radius 1 is 0.536 bits per heavy atom. The summed E-state index contributed by atoms with van der Waals surface area (Å²) in [4.78, 5) is 5.16. The maximum absolute atomic E-state index is 5.16. The highest BCUT2D eigenvalue weighted by Gasteiger charge is 2.46. The molecule has 1 aliphatic heterocycles. The van der Waals surface area contributed by atoms with Gasteiger partial charge in [-0.2, -0.15) is 0 Å². The van der Waals surface area contributed by atoms with Crippen LogP contribution in [0.4, 0.5) is 11.4 Å². The van der Waals surface area contributed by atoms with Crippen molar-refractivity contribution in [3.63, 3.8) is 0 Å². The quantitative estimate of drug-likeness (QED) is 0.464.